The maximum Gasteiger partial charge on any atom is 0.00919 e. The monoisotopic (exact) mass is 708 g/mol. The predicted octanol–water partition coefficient (Wildman–Crippen LogP) is 13.7. The van der Waals surface area contributed by atoms with Gasteiger partial charge >= 0.3 is 0 Å². The Bertz CT molecular complexity index is 2030. The lowest BCUT2D eigenvalue weighted by atomic mass is 9.71. The van der Waals surface area contributed by atoms with Crippen LogP contribution in [-0.4, -0.2) is 12.3 Å². The molecule has 2 saturated heterocycles. The molecule has 2 heteroatoms. The molecular formula is C49H58P2. The van der Waals surface area contributed by atoms with Gasteiger partial charge in [0.15, 0.2) is 0 Å². The van der Waals surface area contributed by atoms with Gasteiger partial charge in [0.2, 0.25) is 0 Å². The fraction of sp³-hybridized carbons (Fsp3) is 0.388. The van der Waals surface area contributed by atoms with E-state index in [9.17, 15) is 0 Å². The third-order valence-corrected chi connectivity index (χ3v) is 16.1. The molecule has 0 aliphatic carbocycles. The summed E-state index contributed by atoms with van der Waals surface area (Å²) >= 11 is 0. The molecule has 0 amide bonds. The lowest BCUT2D eigenvalue weighted by Gasteiger charge is -2.34. The minimum Gasteiger partial charge on any atom is -0.113 e. The van der Waals surface area contributed by atoms with E-state index >= 15 is 0 Å². The number of benzene rings is 5. The molecule has 2 fully saturated rings. The third kappa shape index (κ3) is 6.60. The maximum atomic E-state index is 2.55. The van der Waals surface area contributed by atoms with Gasteiger partial charge in [0.25, 0.3) is 0 Å². The van der Waals surface area contributed by atoms with Gasteiger partial charge in [-0.2, -0.15) is 0 Å². The molecule has 0 saturated carbocycles. The highest BCUT2D eigenvalue weighted by molar-refractivity contribution is 7.39. The molecule has 4 unspecified atom stereocenters. The maximum absolute atomic E-state index is 2.55. The molecule has 0 N–H and O–H groups in total. The van der Waals surface area contributed by atoms with Crippen molar-refractivity contribution in [2.24, 2.45) is 0 Å². The Labute approximate surface area is 312 Å². The predicted molar refractivity (Wildman–Crippen MR) is 227 cm³/mol. The first-order valence-electron chi connectivity index (χ1n) is 19.2. The molecule has 0 nitrogen and oxygen atoms in total. The van der Waals surface area contributed by atoms with Crippen LogP contribution in [0.2, 0.25) is 0 Å². The minimum atomic E-state index is 0.464. The summed E-state index contributed by atoms with van der Waals surface area (Å²) in [5.74, 6) is 1.98. The number of hydrogen-bond acceptors (Lipinski definition) is 0. The van der Waals surface area contributed by atoms with Gasteiger partial charge in [-0.15, -0.1) is 17.2 Å². The first kappa shape index (κ1) is 36.3. The van der Waals surface area contributed by atoms with Gasteiger partial charge in [-0.05, 0) is 178 Å². The second-order valence-corrected chi connectivity index (χ2v) is 19.3. The Balaban J connectivity index is 1.42. The third-order valence-electron chi connectivity index (χ3n) is 12.5. The van der Waals surface area contributed by atoms with Crippen molar-refractivity contribution < 1.29 is 0 Å². The smallest absolute Gasteiger partial charge is 0.00919 e. The van der Waals surface area contributed by atoms with Crippen molar-refractivity contribution in [2.45, 2.75) is 111 Å². The lowest BCUT2D eigenvalue weighted by molar-refractivity contribution is 0.569. The molecule has 51 heavy (non-hydrogen) atoms. The minimum absolute atomic E-state index is 0.464. The van der Waals surface area contributed by atoms with Gasteiger partial charge in [-0.25, -0.2) is 0 Å². The van der Waals surface area contributed by atoms with Gasteiger partial charge in [-0.3, -0.25) is 0 Å². The first-order valence-corrected chi connectivity index (χ1v) is 21.8. The van der Waals surface area contributed by atoms with E-state index in [2.05, 4.69) is 155 Å². The molecule has 2 aliphatic heterocycles. The molecule has 264 valence electrons. The molecule has 2 heterocycles. The number of rotatable bonds is 6. The molecule has 5 aromatic rings. The van der Waals surface area contributed by atoms with Gasteiger partial charge in [-0.1, -0.05) is 95.6 Å². The Kier molecular flexibility index (Phi) is 10.3. The molecule has 0 spiro atoms. The number of aryl methyl sites for hydroxylation is 11. The van der Waals surface area contributed by atoms with Gasteiger partial charge in [0, 0.05) is 23.2 Å². The van der Waals surface area contributed by atoms with E-state index in [-0.39, 0.29) is 0 Å². The van der Waals surface area contributed by atoms with Crippen LogP contribution in [0.15, 0.2) is 78.9 Å². The second-order valence-electron chi connectivity index (χ2n) is 16.4. The standard InChI is InChI=1S/C49H58P2/c1-27-19-32(6)43(33(7)20-27)41-26-51-49(47(41)45-36(10)23-29(3)24-37(45)11)39-18-13-12-17-38(39)48-46(44-34(8)21-28(2)22-35(44)9)40(25-50-48)42-30(4)15-14-16-31(42)5/h12-24,40-41,46-51H,25-26H2,1-11H3/t40-,41-,46+,47+,48?,49?/m1/s1. The van der Waals surface area contributed by atoms with Crippen LogP contribution in [0.5, 0.6) is 0 Å². The molecule has 5 aromatic carbocycles. The van der Waals surface area contributed by atoms with Gasteiger partial charge < -0.3 is 0 Å². The van der Waals surface area contributed by atoms with E-state index < -0.39 is 0 Å². The zero-order valence-corrected chi connectivity index (χ0v) is 34.9. The quantitative estimate of drug-likeness (QED) is 0.154. The average molecular weight is 709 g/mol. The first-order chi connectivity index (χ1) is 24.3. The van der Waals surface area contributed by atoms with Gasteiger partial charge in [0.1, 0.15) is 0 Å². The van der Waals surface area contributed by atoms with Crippen LogP contribution in [0.4, 0.5) is 0 Å². The summed E-state index contributed by atoms with van der Waals surface area (Å²) in [7, 11) is 1.80. The van der Waals surface area contributed by atoms with Gasteiger partial charge in [0.05, 0.1) is 0 Å². The van der Waals surface area contributed by atoms with Crippen molar-refractivity contribution >= 4 is 17.2 Å². The fourth-order valence-electron chi connectivity index (χ4n) is 11.1. The second kappa shape index (κ2) is 14.4. The van der Waals surface area contributed by atoms with E-state index in [0.29, 0.717) is 35.0 Å². The fourth-order valence-corrected chi connectivity index (χ4v) is 15.3. The van der Waals surface area contributed by atoms with Crippen molar-refractivity contribution in [3.8, 4) is 0 Å². The lowest BCUT2D eigenvalue weighted by Crippen LogP contribution is -2.19. The Morgan fingerprint density at radius 2 is 0.686 bits per heavy atom. The summed E-state index contributed by atoms with van der Waals surface area (Å²) in [6, 6.07) is 31.4. The van der Waals surface area contributed by atoms with Crippen LogP contribution < -0.4 is 0 Å². The van der Waals surface area contributed by atoms with Crippen molar-refractivity contribution in [3.63, 3.8) is 0 Å². The average Bonchev–Trinajstić information content (AvgIpc) is 3.65. The normalized spacial score (nSPS) is 24.2. The molecule has 8 atom stereocenters. The summed E-state index contributed by atoms with van der Waals surface area (Å²) in [5, 5.41) is 0. The topological polar surface area (TPSA) is 0 Å². The van der Waals surface area contributed by atoms with Crippen LogP contribution >= 0.6 is 17.2 Å². The van der Waals surface area contributed by atoms with Crippen molar-refractivity contribution in [1.29, 1.82) is 0 Å². The highest BCUT2D eigenvalue weighted by atomic mass is 31.1. The Morgan fingerprint density at radius 3 is 1.04 bits per heavy atom. The van der Waals surface area contributed by atoms with E-state index in [1.165, 1.54) is 73.5 Å². The van der Waals surface area contributed by atoms with Crippen molar-refractivity contribution in [3.05, 3.63) is 173 Å². The molecule has 0 aromatic heterocycles. The van der Waals surface area contributed by atoms with Crippen LogP contribution in [0.3, 0.4) is 0 Å². The molecular weight excluding hydrogens is 650 g/mol. The van der Waals surface area contributed by atoms with E-state index in [1.807, 2.05) is 0 Å². The highest BCUT2D eigenvalue weighted by Crippen LogP contribution is 2.66. The van der Waals surface area contributed by atoms with Crippen LogP contribution in [0.1, 0.15) is 130 Å². The SMILES string of the molecule is Cc1cc(C)c([C@H]2CPC(c3ccccc3C3PC[C@H](c4c(C)cccc4C)[C@H]3c3c(C)cc(C)cc3C)[C@@H]2c2c(C)cc(C)cc2C)c(C)c1. The zero-order valence-electron chi connectivity index (χ0n) is 32.9. The zero-order chi connectivity index (χ0) is 36.3. The summed E-state index contributed by atoms with van der Waals surface area (Å²) < 4.78 is 0. The summed E-state index contributed by atoms with van der Waals surface area (Å²) in [5.41, 5.74) is 26.6. The van der Waals surface area contributed by atoms with Crippen LogP contribution in [0.25, 0.3) is 0 Å². The molecule has 0 bridgehead atoms. The van der Waals surface area contributed by atoms with E-state index in [0.717, 1.165) is 17.2 Å². The molecule has 2 aliphatic rings. The summed E-state index contributed by atoms with van der Waals surface area (Å²) in [4.78, 5) is 0. The van der Waals surface area contributed by atoms with E-state index in [1.54, 1.807) is 33.4 Å². The number of hydrogen-bond donors (Lipinski definition) is 0. The summed E-state index contributed by atoms with van der Waals surface area (Å²) in [6.07, 6.45) is 2.53. The van der Waals surface area contributed by atoms with Crippen molar-refractivity contribution in [2.75, 3.05) is 12.3 Å². The largest absolute Gasteiger partial charge is 0.113 e. The molecule has 7 rings (SSSR count). The van der Waals surface area contributed by atoms with Crippen molar-refractivity contribution in [1.82, 2.24) is 0 Å². The van der Waals surface area contributed by atoms with E-state index in [4.69, 9.17) is 0 Å². The van der Waals surface area contributed by atoms with Crippen LogP contribution in [0, 0.1) is 76.2 Å². The summed E-state index contributed by atoms with van der Waals surface area (Å²) in [6.45, 7) is 25.8. The Morgan fingerprint density at radius 1 is 0.373 bits per heavy atom. The highest BCUT2D eigenvalue weighted by Gasteiger charge is 2.46. The molecule has 0 radical (unpaired) electrons. The Hall–Kier alpha value is -3.04. The van der Waals surface area contributed by atoms with Crippen LogP contribution in [-0.2, 0) is 0 Å².